The van der Waals surface area contributed by atoms with Gasteiger partial charge in [0.1, 0.15) is 0 Å². The lowest BCUT2D eigenvalue weighted by molar-refractivity contribution is -0.130. The number of nitrogens with zero attached hydrogens (tertiary/aromatic N) is 3. The number of hydrogen-bond donors (Lipinski definition) is 2. The van der Waals surface area contributed by atoms with Crippen LogP contribution in [0.2, 0.25) is 5.02 Å². The molecule has 2 N–H and O–H groups in total. The first-order valence-corrected chi connectivity index (χ1v) is 10.0. The topological polar surface area (TPSA) is 67.9 Å². The first kappa shape index (κ1) is 18.4. The summed E-state index contributed by atoms with van der Waals surface area (Å²) in [6.45, 7) is 5.60. The molecule has 0 radical (unpaired) electrons. The van der Waals surface area contributed by atoms with Crippen molar-refractivity contribution in [3.8, 4) is 0 Å². The lowest BCUT2D eigenvalue weighted by Crippen LogP contribution is -2.53. The molecule has 1 aromatic carbocycles. The SMILES string of the molecule is O=C(CNC(=O)N1CC[C@@H]2CNC[C@@H]21)N1CCN(c2ccc(Cl)cc2)CC1. The minimum Gasteiger partial charge on any atom is -0.368 e. The largest absolute Gasteiger partial charge is 0.368 e. The zero-order valence-corrected chi connectivity index (χ0v) is 16.1. The smallest absolute Gasteiger partial charge is 0.318 e. The van der Waals surface area contributed by atoms with Crippen molar-refractivity contribution in [1.29, 1.82) is 0 Å². The second kappa shape index (κ2) is 7.94. The molecule has 0 aromatic heterocycles. The van der Waals surface area contributed by atoms with E-state index < -0.39 is 0 Å². The molecule has 27 heavy (non-hydrogen) atoms. The van der Waals surface area contributed by atoms with Gasteiger partial charge in [-0.05, 0) is 36.6 Å². The maximum Gasteiger partial charge on any atom is 0.318 e. The summed E-state index contributed by atoms with van der Waals surface area (Å²) in [5, 5.41) is 6.88. The van der Waals surface area contributed by atoms with Crippen molar-refractivity contribution >= 4 is 29.2 Å². The molecule has 0 saturated carbocycles. The number of halogens is 1. The third kappa shape index (κ3) is 3.99. The Bertz CT molecular complexity index is 690. The van der Waals surface area contributed by atoms with Crippen LogP contribution in [-0.4, -0.2) is 80.1 Å². The van der Waals surface area contributed by atoms with E-state index in [9.17, 15) is 9.59 Å². The Balaban J connectivity index is 1.22. The van der Waals surface area contributed by atoms with Crippen LogP contribution in [-0.2, 0) is 4.79 Å². The standard InChI is InChI=1S/C19H26ClN5O2/c20-15-1-3-16(4-2-15)23-7-9-24(10-8-23)18(26)13-22-19(27)25-6-5-14-11-21-12-17(14)25/h1-4,14,17,21H,5-13H2,(H,22,27)/t14-,17+/m1/s1. The Morgan fingerprint density at radius 2 is 1.81 bits per heavy atom. The number of urea groups is 1. The number of nitrogens with one attached hydrogen (secondary N) is 2. The van der Waals surface area contributed by atoms with Gasteiger partial charge in [-0.3, -0.25) is 4.79 Å². The van der Waals surface area contributed by atoms with Crippen LogP contribution in [0.5, 0.6) is 0 Å². The summed E-state index contributed by atoms with van der Waals surface area (Å²) in [5.41, 5.74) is 1.12. The molecule has 0 spiro atoms. The fourth-order valence-corrected chi connectivity index (χ4v) is 4.46. The van der Waals surface area contributed by atoms with Gasteiger partial charge in [0.15, 0.2) is 0 Å². The molecule has 3 saturated heterocycles. The number of rotatable bonds is 3. The zero-order valence-electron chi connectivity index (χ0n) is 15.4. The van der Waals surface area contributed by atoms with E-state index in [0.717, 1.165) is 49.9 Å². The zero-order chi connectivity index (χ0) is 18.8. The number of likely N-dealkylation sites (tertiary alicyclic amines) is 1. The highest BCUT2D eigenvalue weighted by molar-refractivity contribution is 6.30. The Morgan fingerprint density at radius 3 is 2.56 bits per heavy atom. The minimum absolute atomic E-state index is 0.0144. The molecule has 7 nitrogen and oxygen atoms in total. The Hall–Kier alpha value is -1.99. The van der Waals surface area contributed by atoms with Crippen molar-refractivity contribution in [1.82, 2.24) is 20.4 Å². The molecule has 3 aliphatic rings. The molecule has 3 aliphatic heterocycles. The van der Waals surface area contributed by atoms with Crippen molar-refractivity contribution in [3.05, 3.63) is 29.3 Å². The molecule has 0 aliphatic carbocycles. The Labute approximate surface area is 164 Å². The Morgan fingerprint density at radius 1 is 1.07 bits per heavy atom. The third-order valence-electron chi connectivity index (χ3n) is 5.92. The number of fused-ring (bicyclic) bond motifs is 1. The van der Waals surface area contributed by atoms with Crippen LogP contribution in [0, 0.1) is 5.92 Å². The summed E-state index contributed by atoms with van der Waals surface area (Å²) in [6.07, 6.45) is 1.05. The molecule has 3 amide bonds. The number of carbonyl (C=O) groups excluding carboxylic acids is 2. The van der Waals surface area contributed by atoms with Gasteiger partial charge >= 0.3 is 6.03 Å². The lowest BCUT2D eigenvalue weighted by atomic mass is 10.1. The second-order valence-electron chi connectivity index (χ2n) is 7.47. The second-order valence-corrected chi connectivity index (χ2v) is 7.91. The number of carbonyl (C=O) groups is 2. The number of benzene rings is 1. The molecule has 3 heterocycles. The molecule has 0 unspecified atom stereocenters. The quantitative estimate of drug-likeness (QED) is 0.806. The fourth-order valence-electron chi connectivity index (χ4n) is 4.33. The summed E-state index contributed by atoms with van der Waals surface area (Å²) in [6, 6.07) is 7.93. The van der Waals surface area contributed by atoms with Crippen molar-refractivity contribution in [2.45, 2.75) is 12.5 Å². The van der Waals surface area contributed by atoms with Crippen molar-refractivity contribution in [3.63, 3.8) is 0 Å². The highest BCUT2D eigenvalue weighted by Gasteiger charge is 2.40. The molecule has 8 heteroatoms. The fraction of sp³-hybridized carbons (Fsp3) is 0.579. The van der Waals surface area contributed by atoms with E-state index in [1.165, 1.54) is 0 Å². The maximum absolute atomic E-state index is 12.5. The summed E-state index contributed by atoms with van der Waals surface area (Å²) in [7, 11) is 0. The molecule has 4 rings (SSSR count). The van der Waals surface area contributed by atoms with Gasteiger partial charge in [-0.1, -0.05) is 11.6 Å². The number of piperazine rings is 1. The van der Waals surface area contributed by atoms with Gasteiger partial charge in [0.05, 0.1) is 6.54 Å². The van der Waals surface area contributed by atoms with Crippen LogP contribution >= 0.6 is 11.6 Å². The number of hydrogen-bond acceptors (Lipinski definition) is 4. The summed E-state index contributed by atoms with van der Waals surface area (Å²) in [5.74, 6) is 0.548. The molecule has 0 bridgehead atoms. The van der Waals surface area contributed by atoms with E-state index in [1.54, 1.807) is 0 Å². The van der Waals surface area contributed by atoms with Crippen LogP contribution in [0.1, 0.15) is 6.42 Å². The molecule has 146 valence electrons. The summed E-state index contributed by atoms with van der Waals surface area (Å²) < 4.78 is 0. The maximum atomic E-state index is 12.5. The number of anilines is 1. The van der Waals surface area contributed by atoms with Crippen LogP contribution in [0.25, 0.3) is 0 Å². The molecular formula is C19H26ClN5O2. The van der Waals surface area contributed by atoms with Crippen molar-refractivity contribution < 1.29 is 9.59 Å². The Kier molecular flexibility index (Phi) is 5.41. The van der Waals surface area contributed by atoms with Crippen molar-refractivity contribution in [2.24, 2.45) is 5.92 Å². The van der Waals surface area contributed by atoms with E-state index in [4.69, 9.17) is 11.6 Å². The van der Waals surface area contributed by atoms with E-state index in [1.807, 2.05) is 34.1 Å². The average Bonchev–Trinajstić information content (AvgIpc) is 3.30. The summed E-state index contributed by atoms with van der Waals surface area (Å²) >= 11 is 5.94. The minimum atomic E-state index is -0.112. The van der Waals surface area contributed by atoms with Crippen molar-refractivity contribution in [2.75, 3.05) is 57.3 Å². The van der Waals surface area contributed by atoms with E-state index in [-0.39, 0.29) is 24.5 Å². The molecular weight excluding hydrogens is 366 g/mol. The average molecular weight is 392 g/mol. The van der Waals surface area contributed by atoms with Gasteiger partial charge in [0, 0.05) is 62.6 Å². The van der Waals surface area contributed by atoms with Gasteiger partial charge in [-0.2, -0.15) is 0 Å². The predicted octanol–water partition coefficient (Wildman–Crippen LogP) is 0.992. The summed E-state index contributed by atoms with van der Waals surface area (Å²) in [4.78, 5) is 30.9. The number of amides is 3. The van der Waals surface area contributed by atoms with Gasteiger partial charge < -0.3 is 25.3 Å². The van der Waals surface area contributed by atoms with Gasteiger partial charge in [-0.25, -0.2) is 4.79 Å². The highest BCUT2D eigenvalue weighted by Crippen LogP contribution is 2.26. The first-order chi connectivity index (χ1) is 13.1. The van der Waals surface area contributed by atoms with Gasteiger partial charge in [0.25, 0.3) is 0 Å². The lowest BCUT2D eigenvalue weighted by Gasteiger charge is -2.36. The molecule has 1 aromatic rings. The van der Waals surface area contributed by atoms with Crippen LogP contribution in [0.4, 0.5) is 10.5 Å². The molecule has 3 fully saturated rings. The monoisotopic (exact) mass is 391 g/mol. The van der Waals surface area contributed by atoms with Gasteiger partial charge in [-0.15, -0.1) is 0 Å². The highest BCUT2D eigenvalue weighted by atomic mass is 35.5. The van der Waals surface area contributed by atoms with Gasteiger partial charge in [0.2, 0.25) is 5.91 Å². The predicted molar refractivity (Wildman–Crippen MR) is 105 cm³/mol. The van der Waals surface area contributed by atoms with Crippen LogP contribution in [0.3, 0.4) is 0 Å². The van der Waals surface area contributed by atoms with Crippen LogP contribution in [0.15, 0.2) is 24.3 Å². The van der Waals surface area contributed by atoms with E-state index >= 15 is 0 Å². The third-order valence-corrected chi connectivity index (χ3v) is 6.17. The van der Waals surface area contributed by atoms with E-state index in [0.29, 0.717) is 19.0 Å². The molecule has 2 atom stereocenters. The first-order valence-electron chi connectivity index (χ1n) is 9.65. The normalized spacial score (nSPS) is 24.9. The van der Waals surface area contributed by atoms with Crippen LogP contribution < -0.4 is 15.5 Å². The van der Waals surface area contributed by atoms with E-state index in [2.05, 4.69) is 15.5 Å².